The number of ether oxygens (including phenoxy) is 1. The Bertz CT molecular complexity index is 1210. The topological polar surface area (TPSA) is 87.8 Å². The number of aliphatic hydroxyl groups excluding tert-OH is 1. The lowest BCUT2D eigenvalue weighted by atomic mass is 9.81. The summed E-state index contributed by atoms with van der Waals surface area (Å²) in [6.07, 6.45) is 4.88. The highest BCUT2D eigenvalue weighted by molar-refractivity contribution is 5.83. The minimum Gasteiger partial charge on any atom is -0.497 e. The number of pyridine rings is 1. The number of piperidine rings is 1. The Balaban J connectivity index is 1.38. The molecule has 178 valence electrons. The van der Waals surface area contributed by atoms with Crippen LogP contribution in [0.4, 0.5) is 0 Å². The van der Waals surface area contributed by atoms with E-state index in [4.69, 9.17) is 4.74 Å². The molecule has 7 nitrogen and oxygen atoms in total. The maximum Gasteiger partial charge on any atom is 0.308 e. The molecule has 1 saturated heterocycles. The minimum absolute atomic E-state index is 0.0203. The van der Waals surface area contributed by atoms with E-state index in [1.54, 1.807) is 13.3 Å². The zero-order valence-electron chi connectivity index (χ0n) is 19.6. The van der Waals surface area contributed by atoms with E-state index < -0.39 is 18.0 Å². The highest BCUT2D eigenvalue weighted by Crippen LogP contribution is 2.33. The number of benzene rings is 1. The van der Waals surface area contributed by atoms with Gasteiger partial charge in [0, 0.05) is 31.4 Å². The number of methoxy groups -OCH3 is 1. The molecule has 0 bridgehead atoms. The lowest BCUT2D eigenvalue weighted by Gasteiger charge is -2.36. The van der Waals surface area contributed by atoms with E-state index >= 15 is 0 Å². The van der Waals surface area contributed by atoms with Gasteiger partial charge < -0.3 is 19.5 Å². The van der Waals surface area contributed by atoms with Gasteiger partial charge in [0.05, 0.1) is 36.9 Å². The van der Waals surface area contributed by atoms with Crippen LogP contribution in [0, 0.1) is 23.7 Å². The lowest BCUT2D eigenvalue weighted by molar-refractivity contribution is -0.146. The molecule has 0 aliphatic carbocycles. The average molecular weight is 462 g/mol. The van der Waals surface area contributed by atoms with Crippen LogP contribution >= 0.6 is 0 Å². The van der Waals surface area contributed by atoms with Gasteiger partial charge in [0.25, 0.3) is 0 Å². The molecule has 7 heteroatoms. The largest absolute Gasteiger partial charge is 0.497 e. The molecule has 1 aliphatic heterocycles. The quantitative estimate of drug-likeness (QED) is 0.524. The molecule has 1 aliphatic rings. The van der Waals surface area contributed by atoms with E-state index in [2.05, 4.69) is 21.7 Å². The van der Waals surface area contributed by atoms with Crippen LogP contribution in [0.2, 0.25) is 0 Å². The van der Waals surface area contributed by atoms with Gasteiger partial charge >= 0.3 is 5.97 Å². The first-order chi connectivity index (χ1) is 16.5. The second kappa shape index (κ2) is 10.7. The maximum absolute atomic E-state index is 12.0. The van der Waals surface area contributed by atoms with E-state index in [-0.39, 0.29) is 5.92 Å². The fraction of sp³-hybridized carbons (Fsp3) is 0.407. The van der Waals surface area contributed by atoms with Crippen molar-refractivity contribution < 1.29 is 19.7 Å². The fourth-order valence-electron chi connectivity index (χ4n) is 4.76. The summed E-state index contributed by atoms with van der Waals surface area (Å²) >= 11 is 0. The van der Waals surface area contributed by atoms with Crippen molar-refractivity contribution in [3.05, 3.63) is 60.0 Å². The smallest absolute Gasteiger partial charge is 0.308 e. The molecule has 3 aromatic rings. The van der Waals surface area contributed by atoms with Gasteiger partial charge in [0.15, 0.2) is 0 Å². The van der Waals surface area contributed by atoms with E-state index in [0.29, 0.717) is 31.7 Å². The highest BCUT2D eigenvalue weighted by atomic mass is 16.5. The van der Waals surface area contributed by atoms with Gasteiger partial charge in [-0.15, -0.1) is 0 Å². The van der Waals surface area contributed by atoms with Crippen molar-refractivity contribution in [1.29, 1.82) is 0 Å². The second-order valence-corrected chi connectivity index (χ2v) is 8.91. The third-order valence-corrected chi connectivity index (χ3v) is 6.77. The molecule has 0 spiro atoms. The number of fused-ring (bicyclic) bond motifs is 1. The predicted octanol–water partition coefficient (Wildman–Crippen LogP) is 3.47. The van der Waals surface area contributed by atoms with Crippen molar-refractivity contribution in [2.24, 2.45) is 18.9 Å². The van der Waals surface area contributed by atoms with E-state index in [0.717, 1.165) is 35.1 Å². The standard InChI is InChI=1S/C27H31N3O4/c1-29-14-3-5-20(29)6-4-15-30-16-12-19(24(18-30)27(32)33)7-10-26(31)22-11-13-28-25-9-8-21(34-2)17-23(22)25/h3,5,8-9,11,13-14,17,19,24,26,31H,7,10,12,15-16,18H2,1-2H3,(H,32,33)/t19-,24+,26?/m1/s1. The summed E-state index contributed by atoms with van der Waals surface area (Å²) < 4.78 is 7.29. The molecular weight excluding hydrogens is 430 g/mol. The van der Waals surface area contributed by atoms with Crippen molar-refractivity contribution in [2.45, 2.75) is 25.4 Å². The molecule has 2 aromatic heterocycles. The highest BCUT2D eigenvalue weighted by Gasteiger charge is 2.34. The molecule has 3 atom stereocenters. The van der Waals surface area contributed by atoms with Gasteiger partial charge in [0.1, 0.15) is 5.75 Å². The lowest BCUT2D eigenvalue weighted by Crippen LogP contribution is -2.44. The summed E-state index contributed by atoms with van der Waals surface area (Å²) in [4.78, 5) is 18.5. The summed E-state index contributed by atoms with van der Waals surface area (Å²) in [7, 11) is 3.56. The van der Waals surface area contributed by atoms with Gasteiger partial charge in [-0.2, -0.15) is 0 Å². The molecule has 1 unspecified atom stereocenters. The minimum atomic E-state index is -0.779. The normalized spacial score (nSPS) is 19.4. The first-order valence-electron chi connectivity index (χ1n) is 11.6. The number of carbonyl (C=O) groups is 1. The molecule has 1 aromatic carbocycles. The second-order valence-electron chi connectivity index (χ2n) is 8.91. The Labute approximate surface area is 200 Å². The van der Waals surface area contributed by atoms with Crippen LogP contribution in [0.1, 0.15) is 36.6 Å². The van der Waals surface area contributed by atoms with Gasteiger partial charge in [0.2, 0.25) is 0 Å². The van der Waals surface area contributed by atoms with E-state index in [1.165, 1.54) is 0 Å². The Morgan fingerprint density at radius 3 is 2.91 bits per heavy atom. The monoisotopic (exact) mass is 461 g/mol. The van der Waals surface area contributed by atoms with Crippen molar-refractivity contribution in [2.75, 3.05) is 26.7 Å². The number of aliphatic hydroxyl groups is 1. The van der Waals surface area contributed by atoms with Crippen LogP contribution < -0.4 is 4.74 Å². The Morgan fingerprint density at radius 1 is 1.32 bits per heavy atom. The Hall–Kier alpha value is -3.34. The average Bonchev–Trinajstić information content (AvgIpc) is 3.26. The van der Waals surface area contributed by atoms with Crippen LogP contribution in [0.5, 0.6) is 5.75 Å². The molecule has 0 saturated carbocycles. The fourth-order valence-corrected chi connectivity index (χ4v) is 4.76. The van der Waals surface area contributed by atoms with Crippen molar-refractivity contribution in [3.8, 4) is 17.6 Å². The number of hydrogen-bond donors (Lipinski definition) is 2. The summed E-state index contributed by atoms with van der Waals surface area (Å²) in [6, 6.07) is 11.4. The zero-order chi connectivity index (χ0) is 24.1. The maximum atomic E-state index is 12.0. The van der Waals surface area contributed by atoms with Gasteiger partial charge in [-0.25, -0.2) is 0 Å². The van der Waals surface area contributed by atoms with Crippen LogP contribution in [-0.2, 0) is 11.8 Å². The third kappa shape index (κ3) is 5.41. The molecule has 4 rings (SSSR count). The van der Waals surface area contributed by atoms with Crippen LogP contribution in [0.3, 0.4) is 0 Å². The molecule has 34 heavy (non-hydrogen) atoms. The Morgan fingerprint density at radius 2 is 2.18 bits per heavy atom. The van der Waals surface area contributed by atoms with Crippen LogP contribution in [0.25, 0.3) is 10.9 Å². The summed E-state index contributed by atoms with van der Waals surface area (Å²) in [6.45, 7) is 1.84. The molecule has 3 heterocycles. The van der Waals surface area contributed by atoms with Crippen LogP contribution in [0.15, 0.2) is 48.8 Å². The van der Waals surface area contributed by atoms with Gasteiger partial charge in [-0.05, 0) is 79.6 Å². The van der Waals surface area contributed by atoms with Crippen molar-refractivity contribution in [3.63, 3.8) is 0 Å². The molecule has 0 radical (unpaired) electrons. The van der Waals surface area contributed by atoms with E-state index in [1.807, 2.05) is 54.2 Å². The van der Waals surface area contributed by atoms with Gasteiger partial charge in [-0.3, -0.25) is 14.7 Å². The molecular formula is C27H31N3O4. The number of aromatic nitrogens is 2. The first kappa shape index (κ1) is 23.8. The SMILES string of the molecule is COc1ccc2nccc(C(O)CC[C@@H]3CCN(CC#Cc4cccn4C)C[C@@H]3C(=O)O)c2c1. The van der Waals surface area contributed by atoms with E-state index in [9.17, 15) is 15.0 Å². The summed E-state index contributed by atoms with van der Waals surface area (Å²) in [5, 5.41) is 21.7. The van der Waals surface area contributed by atoms with Crippen LogP contribution in [-0.4, -0.2) is 57.4 Å². The number of nitrogens with zero attached hydrogens (tertiary/aromatic N) is 3. The first-order valence-corrected chi connectivity index (χ1v) is 11.6. The predicted molar refractivity (Wildman–Crippen MR) is 130 cm³/mol. The number of carboxylic acid groups (broad SMARTS) is 1. The molecule has 0 amide bonds. The number of likely N-dealkylation sites (tertiary alicyclic amines) is 1. The summed E-state index contributed by atoms with van der Waals surface area (Å²) in [5.41, 5.74) is 2.54. The summed E-state index contributed by atoms with van der Waals surface area (Å²) in [5.74, 6) is 5.82. The van der Waals surface area contributed by atoms with Crippen molar-refractivity contribution in [1.82, 2.24) is 14.5 Å². The Kier molecular flexibility index (Phi) is 7.51. The molecule has 2 N–H and O–H groups in total. The van der Waals surface area contributed by atoms with Gasteiger partial charge in [-0.1, -0.05) is 5.92 Å². The number of hydrogen-bond acceptors (Lipinski definition) is 5. The molecule has 1 fully saturated rings. The number of rotatable bonds is 7. The number of aliphatic carboxylic acids is 1. The zero-order valence-corrected chi connectivity index (χ0v) is 19.6. The van der Waals surface area contributed by atoms with Crippen molar-refractivity contribution >= 4 is 16.9 Å². The number of carboxylic acids is 1. The number of aryl methyl sites for hydroxylation is 1. The third-order valence-electron chi connectivity index (χ3n) is 6.77.